The highest BCUT2D eigenvalue weighted by Gasteiger charge is 2.09. The van der Waals surface area contributed by atoms with Crippen molar-refractivity contribution >= 4 is 34.6 Å². The molecular formula is C23H18ClN3O. The van der Waals surface area contributed by atoms with Crippen LogP contribution in [0.2, 0.25) is 5.02 Å². The number of hydrazone groups is 1. The number of fused-ring (bicyclic) bond motifs is 1. The van der Waals surface area contributed by atoms with E-state index in [1.165, 1.54) is 0 Å². The number of hydrogen-bond acceptors (Lipinski definition) is 2. The SMILES string of the molecule is O=C(N/N=C\c1cn(Cc2ccccc2Cl)c2ccccc12)c1ccccc1. The second-order valence-corrected chi connectivity index (χ2v) is 6.79. The van der Waals surface area contributed by atoms with E-state index in [4.69, 9.17) is 11.6 Å². The summed E-state index contributed by atoms with van der Waals surface area (Å²) in [7, 11) is 0. The summed E-state index contributed by atoms with van der Waals surface area (Å²) in [5, 5.41) is 5.95. The molecule has 0 aliphatic heterocycles. The average Bonchev–Trinajstić information content (AvgIpc) is 3.08. The van der Waals surface area contributed by atoms with Crippen LogP contribution in [0.15, 0.2) is 90.2 Å². The third kappa shape index (κ3) is 3.82. The van der Waals surface area contributed by atoms with Gasteiger partial charge < -0.3 is 4.57 Å². The highest BCUT2D eigenvalue weighted by Crippen LogP contribution is 2.23. The lowest BCUT2D eigenvalue weighted by atomic mass is 10.2. The summed E-state index contributed by atoms with van der Waals surface area (Å²) in [5.74, 6) is -0.239. The second-order valence-electron chi connectivity index (χ2n) is 6.39. The molecule has 4 nitrogen and oxygen atoms in total. The van der Waals surface area contributed by atoms with Crippen LogP contribution >= 0.6 is 11.6 Å². The van der Waals surface area contributed by atoms with Crippen molar-refractivity contribution in [2.75, 3.05) is 0 Å². The van der Waals surface area contributed by atoms with E-state index < -0.39 is 0 Å². The van der Waals surface area contributed by atoms with E-state index in [0.717, 1.165) is 27.1 Å². The van der Waals surface area contributed by atoms with Crippen LogP contribution in [-0.2, 0) is 6.54 Å². The second kappa shape index (κ2) is 8.11. The van der Waals surface area contributed by atoms with E-state index in [1.807, 2.05) is 66.9 Å². The summed E-state index contributed by atoms with van der Waals surface area (Å²) in [5.41, 5.74) is 6.21. The first-order chi connectivity index (χ1) is 13.7. The standard InChI is InChI=1S/C23H18ClN3O/c24-21-12-6-4-10-18(21)15-27-16-19(20-11-5-7-13-22(20)27)14-25-26-23(28)17-8-2-1-3-9-17/h1-14,16H,15H2,(H,26,28)/b25-14-. The van der Waals surface area contributed by atoms with Gasteiger partial charge in [0, 0.05) is 39.8 Å². The zero-order valence-corrected chi connectivity index (χ0v) is 15.8. The summed E-state index contributed by atoms with van der Waals surface area (Å²) in [6.45, 7) is 0.657. The Labute approximate surface area is 168 Å². The zero-order valence-electron chi connectivity index (χ0n) is 15.0. The third-order valence-corrected chi connectivity index (χ3v) is 4.89. The number of nitrogens with zero attached hydrogens (tertiary/aromatic N) is 2. The van der Waals surface area contributed by atoms with Gasteiger partial charge in [0.1, 0.15) is 0 Å². The summed E-state index contributed by atoms with van der Waals surface area (Å²) in [4.78, 5) is 12.1. The Morgan fingerprint density at radius 1 is 0.964 bits per heavy atom. The topological polar surface area (TPSA) is 46.4 Å². The van der Waals surface area contributed by atoms with Gasteiger partial charge in [-0.15, -0.1) is 0 Å². The molecule has 0 unspecified atom stereocenters. The molecule has 3 aromatic carbocycles. The van der Waals surface area contributed by atoms with E-state index in [2.05, 4.69) is 21.2 Å². The monoisotopic (exact) mass is 387 g/mol. The molecule has 0 saturated carbocycles. The maximum absolute atomic E-state index is 12.1. The lowest BCUT2D eigenvalue weighted by Crippen LogP contribution is -2.17. The molecule has 4 rings (SSSR count). The molecule has 0 radical (unpaired) electrons. The summed E-state index contributed by atoms with van der Waals surface area (Å²) >= 11 is 6.32. The Bertz CT molecular complexity index is 1150. The molecule has 28 heavy (non-hydrogen) atoms. The van der Waals surface area contributed by atoms with Crippen molar-refractivity contribution in [2.45, 2.75) is 6.54 Å². The van der Waals surface area contributed by atoms with E-state index in [9.17, 15) is 4.79 Å². The number of aromatic nitrogens is 1. The number of para-hydroxylation sites is 1. The van der Waals surface area contributed by atoms with Gasteiger partial charge in [-0.1, -0.05) is 66.2 Å². The van der Waals surface area contributed by atoms with Gasteiger partial charge in [0.05, 0.1) is 6.21 Å². The fraction of sp³-hybridized carbons (Fsp3) is 0.0435. The van der Waals surface area contributed by atoms with Gasteiger partial charge in [-0.3, -0.25) is 4.79 Å². The van der Waals surface area contributed by atoms with Crippen molar-refractivity contribution in [1.82, 2.24) is 9.99 Å². The summed E-state index contributed by atoms with van der Waals surface area (Å²) in [6.07, 6.45) is 3.69. The molecule has 0 atom stereocenters. The first-order valence-corrected chi connectivity index (χ1v) is 9.30. The fourth-order valence-corrected chi connectivity index (χ4v) is 3.33. The molecule has 1 aromatic heterocycles. The molecule has 0 fully saturated rings. The van der Waals surface area contributed by atoms with Crippen molar-refractivity contribution in [3.05, 3.63) is 107 Å². The Balaban J connectivity index is 1.59. The molecule has 4 aromatic rings. The van der Waals surface area contributed by atoms with E-state index in [1.54, 1.807) is 18.3 Å². The first kappa shape index (κ1) is 18.0. The van der Waals surface area contributed by atoms with Crippen LogP contribution in [0.25, 0.3) is 10.9 Å². The van der Waals surface area contributed by atoms with Crippen molar-refractivity contribution in [3.8, 4) is 0 Å². The molecule has 5 heteroatoms. The van der Waals surface area contributed by atoms with Crippen LogP contribution in [0.4, 0.5) is 0 Å². The number of halogens is 1. The molecule has 138 valence electrons. The van der Waals surface area contributed by atoms with Crippen molar-refractivity contribution < 1.29 is 4.79 Å². The minimum absolute atomic E-state index is 0.239. The molecule has 0 spiro atoms. The van der Waals surface area contributed by atoms with Crippen molar-refractivity contribution in [2.24, 2.45) is 5.10 Å². The Morgan fingerprint density at radius 3 is 2.50 bits per heavy atom. The van der Waals surface area contributed by atoms with Crippen LogP contribution in [0.5, 0.6) is 0 Å². The van der Waals surface area contributed by atoms with E-state index in [0.29, 0.717) is 12.1 Å². The lowest BCUT2D eigenvalue weighted by Gasteiger charge is -2.07. The van der Waals surface area contributed by atoms with Crippen LogP contribution < -0.4 is 5.43 Å². The molecular weight excluding hydrogens is 370 g/mol. The number of carbonyl (C=O) groups excluding carboxylic acids is 1. The third-order valence-electron chi connectivity index (χ3n) is 4.52. The smallest absolute Gasteiger partial charge is 0.271 e. The van der Waals surface area contributed by atoms with Gasteiger partial charge in [0.15, 0.2) is 0 Å². The summed E-state index contributed by atoms with van der Waals surface area (Å²) in [6, 6.07) is 24.9. The number of amides is 1. The number of hydrogen-bond donors (Lipinski definition) is 1. The maximum atomic E-state index is 12.1. The molecule has 1 heterocycles. The van der Waals surface area contributed by atoms with Gasteiger partial charge in [-0.25, -0.2) is 5.43 Å². The minimum Gasteiger partial charge on any atom is -0.342 e. The van der Waals surface area contributed by atoms with Crippen LogP contribution in [-0.4, -0.2) is 16.7 Å². The van der Waals surface area contributed by atoms with Crippen molar-refractivity contribution in [1.29, 1.82) is 0 Å². The number of rotatable bonds is 5. The lowest BCUT2D eigenvalue weighted by molar-refractivity contribution is 0.0955. The van der Waals surface area contributed by atoms with Gasteiger partial charge in [0.2, 0.25) is 0 Å². The van der Waals surface area contributed by atoms with E-state index in [-0.39, 0.29) is 5.91 Å². The molecule has 0 aliphatic rings. The highest BCUT2D eigenvalue weighted by atomic mass is 35.5. The summed E-state index contributed by atoms with van der Waals surface area (Å²) < 4.78 is 2.14. The van der Waals surface area contributed by atoms with Crippen LogP contribution in [0, 0.1) is 0 Å². The van der Waals surface area contributed by atoms with Gasteiger partial charge in [-0.2, -0.15) is 5.10 Å². The van der Waals surface area contributed by atoms with Gasteiger partial charge >= 0.3 is 0 Å². The average molecular weight is 388 g/mol. The zero-order chi connectivity index (χ0) is 19.3. The van der Waals surface area contributed by atoms with Crippen LogP contribution in [0.3, 0.4) is 0 Å². The van der Waals surface area contributed by atoms with Crippen LogP contribution in [0.1, 0.15) is 21.5 Å². The Morgan fingerprint density at radius 2 is 1.68 bits per heavy atom. The number of nitrogens with one attached hydrogen (secondary N) is 1. The van der Waals surface area contributed by atoms with E-state index >= 15 is 0 Å². The largest absolute Gasteiger partial charge is 0.342 e. The Kier molecular flexibility index (Phi) is 5.22. The molecule has 0 saturated heterocycles. The van der Waals surface area contributed by atoms with Gasteiger partial charge in [-0.05, 0) is 29.8 Å². The maximum Gasteiger partial charge on any atom is 0.271 e. The normalized spacial score (nSPS) is 11.2. The first-order valence-electron chi connectivity index (χ1n) is 8.92. The molecule has 1 amide bonds. The number of carbonyl (C=O) groups is 1. The Hall–Kier alpha value is -3.37. The minimum atomic E-state index is -0.239. The number of benzene rings is 3. The van der Waals surface area contributed by atoms with Crippen molar-refractivity contribution in [3.63, 3.8) is 0 Å². The predicted octanol–water partition coefficient (Wildman–Crippen LogP) is 5.11. The van der Waals surface area contributed by atoms with Gasteiger partial charge in [0.25, 0.3) is 5.91 Å². The molecule has 1 N–H and O–H groups in total. The molecule has 0 aliphatic carbocycles. The quantitative estimate of drug-likeness (QED) is 0.375. The molecule has 0 bridgehead atoms. The fourth-order valence-electron chi connectivity index (χ4n) is 3.13. The highest BCUT2D eigenvalue weighted by molar-refractivity contribution is 6.31. The predicted molar refractivity (Wildman–Crippen MR) is 114 cm³/mol.